The molecule has 0 spiro atoms. The van der Waals surface area contributed by atoms with E-state index in [1.807, 2.05) is 6.07 Å². The molecule has 0 saturated carbocycles. The molecule has 0 aliphatic carbocycles. The van der Waals surface area contributed by atoms with Gasteiger partial charge in [0.25, 0.3) is 5.91 Å². The number of hydrogen-bond donors (Lipinski definition) is 2. The summed E-state index contributed by atoms with van der Waals surface area (Å²) in [6, 6.07) is 5.28. The molecule has 0 fully saturated rings. The fourth-order valence-corrected chi connectivity index (χ4v) is 1.65. The molecule has 0 aliphatic heterocycles. The Morgan fingerprint density at radius 1 is 1.50 bits per heavy atom. The summed E-state index contributed by atoms with van der Waals surface area (Å²) >= 11 is 5.93. The highest BCUT2D eigenvalue weighted by atomic mass is 35.5. The number of carbonyl (C=O) groups excluding carboxylic acids is 1. The first-order valence-electron chi connectivity index (χ1n) is 5.63. The lowest BCUT2D eigenvalue weighted by molar-refractivity contribution is -0.671. The second-order valence-electron chi connectivity index (χ2n) is 3.78. The molecule has 0 aromatic heterocycles. The van der Waals surface area contributed by atoms with E-state index < -0.39 is 5.91 Å². The third kappa shape index (κ3) is 5.35. The lowest BCUT2D eigenvalue weighted by atomic mass is 10.2. The van der Waals surface area contributed by atoms with Gasteiger partial charge in [-0.25, -0.2) is 0 Å². The Bertz CT molecular complexity index is 399. The van der Waals surface area contributed by atoms with Crippen molar-refractivity contribution in [2.24, 2.45) is 5.73 Å². The Morgan fingerprint density at radius 2 is 2.28 bits per heavy atom. The summed E-state index contributed by atoms with van der Waals surface area (Å²) in [7, 11) is 1.66. The minimum absolute atomic E-state index is 0.132. The Balaban J connectivity index is 2.61. The molecule has 0 heterocycles. The molecule has 0 aliphatic rings. The van der Waals surface area contributed by atoms with E-state index in [0.29, 0.717) is 23.9 Å². The highest BCUT2D eigenvalue weighted by Gasteiger charge is 2.07. The zero-order valence-corrected chi connectivity index (χ0v) is 11.1. The van der Waals surface area contributed by atoms with Crippen LogP contribution in [0.4, 0.5) is 0 Å². The zero-order valence-electron chi connectivity index (χ0n) is 10.3. The van der Waals surface area contributed by atoms with Gasteiger partial charge in [-0.2, -0.15) is 0 Å². The summed E-state index contributed by atoms with van der Waals surface area (Å²) in [5, 5.41) is 2.71. The number of halogens is 1. The molecule has 1 aromatic carbocycles. The van der Waals surface area contributed by atoms with E-state index in [1.165, 1.54) is 0 Å². The average Bonchev–Trinajstić information content (AvgIpc) is 2.33. The maximum atomic E-state index is 10.7. The number of rotatable bonds is 8. The van der Waals surface area contributed by atoms with Crippen LogP contribution < -0.4 is 15.8 Å². The summed E-state index contributed by atoms with van der Waals surface area (Å²) < 4.78 is 10.3. The van der Waals surface area contributed by atoms with E-state index in [1.54, 1.807) is 19.2 Å². The lowest BCUT2D eigenvalue weighted by Gasteiger charge is -2.10. The van der Waals surface area contributed by atoms with Crippen LogP contribution in [0.5, 0.6) is 5.75 Å². The predicted molar refractivity (Wildman–Crippen MR) is 68.5 cm³/mol. The van der Waals surface area contributed by atoms with Gasteiger partial charge in [-0.15, -0.1) is 0 Å². The lowest BCUT2D eigenvalue weighted by Crippen LogP contribution is -2.83. The smallest absolute Gasteiger partial charge is 0.255 e. The molecule has 0 atom stereocenters. The summed E-state index contributed by atoms with van der Waals surface area (Å²) in [5.74, 6) is 0.131. The summed E-state index contributed by atoms with van der Waals surface area (Å²) in [6.45, 7) is 2.10. The Labute approximate surface area is 111 Å². The van der Waals surface area contributed by atoms with E-state index in [-0.39, 0.29) is 6.61 Å². The van der Waals surface area contributed by atoms with Crippen molar-refractivity contribution < 1.29 is 19.6 Å². The topological polar surface area (TPSA) is 78.2 Å². The van der Waals surface area contributed by atoms with Gasteiger partial charge in [0.15, 0.2) is 6.61 Å². The minimum atomic E-state index is -0.501. The predicted octanol–water partition coefficient (Wildman–Crippen LogP) is -0.0861. The van der Waals surface area contributed by atoms with Crippen molar-refractivity contribution in [2.75, 3.05) is 26.9 Å². The van der Waals surface area contributed by atoms with Crippen molar-refractivity contribution >= 4 is 17.5 Å². The fraction of sp³-hybridized carbons (Fsp3) is 0.417. The Hall–Kier alpha value is -1.30. The standard InChI is InChI=1S/C12H17ClN2O3/c1-17-5-4-15-7-9-6-10(13)2-3-11(9)18-8-12(14)16/h2-3,6,15H,4-5,7-8H2,1H3,(H2,14,16)/p+1. The fourth-order valence-electron chi connectivity index (χ4n) is 1.46. The molecule has 0 saturated heterocycles. The number of benzene rings is 1. The van der Waals surface area contributed by atoms with E-state index in [4.69, 9.17) is 26.8 Å². The number of carbonyl (C=O) groups is 1. The van der Waals surface area contributed by atoms with Gasteiger partial charge < -0.3 is 20.5 Å². The molecule has 0 bridgehead atoms. The summed E-state index contributed by atoms with van der Waals surface area (Å²) in [4.78, 5) is 10.7. The molecule has 5 nitrogen and oxygen atoms in total. The molecule has 0 radical (unpaired) electrons. The number of hydrogen-bond acceptors (Lipinski definition) is 3. The van der Waals surface area contributed by atoms with Crippen molar-refractivity contribution in [3.8, 4) is 5.75 Å². The second kappa shape index (κ2) is 7.92. The van der Waals surface area contributed by atoms with E-state index >= 15 is 0 Å². The second-order valence-corrected chi connectivity index (χ2v) is 4.22. The number of quaternary nitrogens is 1. The van der Waals surface area contributed by atoms with Gasteiger partial charge in [0.2, 0.25) is 0 Å². The molecular weight excluding hydrogens is 256 g/mol. The van der Waals surface area contributed by atoms with Crippen LogP contribution in [0, 0.1) is 0 Å². The quantitative estimate of drug-likeness (QED) is 0.650. The maximum Gasteiger partial charge on any atom is 0.255 e. The number of ether oxygens (including phenoxy) is 2. The maximum absolute atomic E-state index is 10.7. The van der Waals surface area contributed by atoms with Crippen molar-refractivity contribution in [3.05, 3.63) is 28.8 Å². The number of amides is 1. The first-order valence-corrected chi connectivity index (χ1v) is 6.01. The zero-order chi connectivity index (χ0) is 13.4. The molecular formula is C12H18ClN2O3+. The molecule has 100 valence electrons. The Morgan fingerprint density at radius 3 is 2.94 bits per heavy atom. The largest absolute Gasteiger partial charge is 0.483 e. The van der Waals surface area contributed by atoms with E-state index in [9.17, 15) is 4.79 Å². The first-order chi connectivity index (χ1) is 8.63. The molecule has 1 rings (SSSR count). The molecule has 0 unspecified atom stereocenters. The SMILES string of the molecule is COCC[NH2+]Cc1cc(Cl)ccc1OCC(N)=O. The summed E-state index contributed by atoms with van der Waals surface area (Å²) in [5.41, 5.74) is 5.98. The third-order valence-corrected chi connectivity index (χ3v) is 2.52. The highest BCUT2D eigenvalue weighted by Crippen LogP contribution is 2.22. The van der Waals surface area contributed by atoms with Crippen molar-refractivity contribution in [3.63, 3.8) is 0 Å². The van der Waals surface area contributed by atoms with Crippen LogP contribution in [-0.4, -0.2) is 32.8 Å². The van der Waals surface area contributed by atoms with Gasteiger partial charge in [0, 0.05) is 17.7 Å². The van der Waals surface area contributed by atoms with Crippen LogP contribution >= 0.6 is 11.6 Å². The van der Waals surface area contributed by atoms with Crippen LogP contribution in [0.25, 0.3) is 0 Å². The molecule has 1 aromatic rings. The summed E-state index contributed by atoms with van der Waals surface area (Å²) in [6.07, 6.45) is 0. The van der Waals surface area contributed by atoms with Gasteiger partial charge >= 0.3 is 0 Å². The first kappa shape index (κ1) is 14.8. The van der Waals surface area contributed by atoms with Gasteiger partial charge in [0.05, 0.1) is 13.2 Å². The Kier molecular flexibility index (Phi) is 6.49. The molecule has 6 heteroatoms. The van der Waals surface area contributed by atoms with Crippen LogP contribution in [0.1, 0.15) is 5.56 Å². The third-order valence-electron chi connectivity index (χ3n) is 2.28. The van der Waals surface area contributed by atoms with Crippen LogP contribution in [0.15, 0.2) is 18.2 Å². The minimum Gasteiger partial charge on any atom is -0.483 e. The van der Waals surface area contributed by atoms with E-state index in [2.05, 4.69) is 5.32 Å². The van der Waals surface area contributed by atoms with Crippen LogP contribution in [0.2, 0.25) is 5.02 Å². The molecule has 18 heavy (non-hydrogen) atoms. The number of methoxy groups -OCH3 is 1. The van der Waals surface area contributed by atoms with Gasteiger partial charge in [0.1, 0.15) is 12.3 Å². The van der Waals surface area contributed by atoms with Gasteiger partial charge in [-0.1, -0.05) is 11.6 Å². The van der Waals surface area contributed by atoms with Crippen LogP contribution in [0.3, 0.4) is 0 Å². The highest BCUT2D eigenvalue weighted by molar-refractivity contribution is 6.30. The van der Waals surface area contributed by atoms with E-state index in [0.717, 1.165) is 12.1 Å². The van der Waals surface area contributed by atoms with Gasteiger partial charge in [-0.3, -0.25) is 4.79 Å². The van der Waals surface area contributed by atoms with Gasteiger partial charge in [-0.05, 0) is 18.2 Å². The molecule has 4 N–H and O–H groups in total. The average molecular weight is 274 g/mol. The van der Waals surface area contributed by atoms with Crippen LogP contribution in [-0.2, 0) is 16.1 Å². The van der Waals surface area contributed by atoms with Crippen molar-refractivity contribution in [1.29, 1.82) is 0 Å². The number of primary amides is 1. The number of nitrogens with two attached hydrogens (primary N) is 2. The monoisotopic (exact) mass is 273 g/mol. The van der Waals surface area contributed by atoms with Crippen molar-refractivity contribution in [2.45, 2.75) is 6.54 Å². The normalized spacial score (nSPS) is 10.3. The van der Waals surface area contributed by atoms with Crippen molar-refractivity contribution in [1.82, 2.24) is 0 Å². The molecule has 1 amide bonds.